The largest absolute Gasteiger partial charge is 0.494 e. The Morgan fingerprint density at radius 1 is 1.08 bits per heavy atom. The van der Waals surface area contributed by atoms with Gasteiger partial charge in [-0.2, -0.15) is 5.26 Å². The van der Waals surface area contributed by atoms with Crippen molar-refractivity contribution in [1.82, 2.24) is 5.32 Å². The summed E-state index contributed by atoms with van der Waals surface area (Å²) >= 11 is 0.932. The monoisotopic (exact) mass is 523 g/mol. The molecule has 11 heteroatoms. The van der Waals surface area contributed by atoms with Crippen LogP contribution >= 0.6 is 11.8 Å². The lowest BCUT2D eigenvalue weighted by Gasteiger charge is -2.31. The van der Waals surface area contributed by atoms with Crippen LogP contribution in [-0.2, 0) is 23.9 Å². The molecule has 1 aliphatic heterocycles. The number of nitrogens with one attached hydrogen (secondary N) is 2. The number of rotatable bonds is 9. The number of para-hydroxylation sites is 1. The van der Waals surface area contributed by atoms with Crippen LogP contribution in [0, 0.1) is 17.2 Å². The van der Waals surface area contributed by atoms with Crippen LogP contribution in [0.15, 0.2) is 59.1 Å². The second-order valence-electron chi connectivity index (χ2n) is 7.70. The van der Waals surface area contributed by atoms with Gasteiger partial charge in [-0.15, -0.1) is 0 Å². The van der Waals surface area contributed by atoms with E-state index in [1.54, 1.807) is 42.5 Å². The highest BCUT2D eigenvalue weighted by Crippen LogP contribution is 2.40. The van der Waals surface area contributed by atoms with Crippen molar-refractivity contribution in [1.29, 1.82) is 5.26 Å². The second kappa shape index (κ2) is 12.6. The minimum absolute atomic E-state index is 0.118. The van der Waals surface area contributed by atoms with Gasteiger partial charge in [0, 0.05) is 5.92 Å². The van der Waals surface area contributed by atoms with Crippen LogP contribution in [0.5, 0.6) is 5.75 Å². The molecule has 192 valence electrons. The Balaban J connectivity index is 1.88. The molecule has 1 heterocycles. The highest BCUT2D eigenvalue weighted by atomic mass is 32.2. The smallest absolute Gasteiger partial charge is 0.339 e. The molecule has 0 aromatic heterocycles. The average Bonchev–Trinajstić information content (AvgIpc) is 2.91. The summed E-state index contributed by atoms with van der Waals surface area (Å²) in [6.07, 6.45) is 0. The van der Waals surface area contributed by atoms with Crippen LogP contribution in [-0.4, -0.2) is 50.3 Å². The summed E-state index contributed by atoms with van der Waals surface area (Å²) in [5.41, 5.74) is 1.11. The molecule has 37 heavy (non-hydrogen) atoms. The second-order valence-corrected chi connectivity index (χ2v) is 8.68. The quantitative estimate of drug-likeness (QED) is 0.374. The van der Waals surface area contributed by atoms with Crippen molar-refractivity contribution in [2.24, 2.45) is 5.92 Å². The van der Waals surface area contributed by atoms with E-state index in [1.807, 2.05) is 6.92 Å². The van der Waals surface area contributed by atoms with E-state index in [0.29, 0.717) is 17.9 Å². The third-order valence-corrected chi connectivity index (χ3v) is 6.51. The number of thioether (sulfide) groups is 1. The van der Waals surface area contributed by atoms with Gasteiger partial charge < -0.3 is 24.8 Å². The first-order valence-electron chi connectivity index (χ1n) is 11.2. The number of amides is 2. The third kappa shape index (κ3) is 6.29. The van der Waals surface area contributed by atoms with E-state index in [2.05, 4.69) is 16.7 Å². The first-order chi connectivity index (χ1) is 17.8. The average molecular weight is 524 g/mol. The van der Waals surface area contributed by atoms with E-state index >= 15 is 0 Å². The number of carbonyl (C=O) groups excluding carboxylic acids is 4. The van der Waals surface area contributed by atoms with Gasteiger partial charge in [-0.05, 0) is 36.8 Å². The van der Waals surface area contributed by atoms with Crippen LogP contribution in [0.2, 0.25) is 0 Å². The molecule has 0 bridgehead atoms. The van der Waals surface area contributed by atoms with Gasteiger partial charge in [0.05, 0.1) is 54.5 Å². The molecule has 3 rings (SSSR count). The minimum atomic E-state index is -1.29. The zero-order valence-corrected chi connectivity index (χ0v) is 21.2. The standard InChI is InChI=1S/C26H25N3O7S/c1-4-36-16-11-9-15(10-12-16)21-18(13-27)24(29-23(31)22(21)26(33)35-3)37-14-20(30)28-19-8-6-5-7-17(19)25(32)34-2/h5-12,21-22H,4,14H2,1-3H3,(H,28,30)(H,29,31)/t21-,22-/m1/s1. The molecule has 0 saturated carbocycles. The van der Waals surface area contributed by atoms with E-state index in [4.69, 9.17) is 14.2 Å². The number of nitrogens with zero attached hydrogens (tertiary/aromatic N) is 1. The fraction of sp³-hybridized carbons (Fsp3) is 0.269. The van der Waals surface area contributed by atoms with E-state index < -0.39 is 35.6 Å². The van der Waals surface area contributed by atoms with E-state index in [0.717, 1.165) is 11.8 Å². The number of hydrogen-bond donors (Lipinski definition) is 2. The first-order valence-corrected chi connectivity index (χ1v) is 12.2. The Morgan fingerprint density at radius 2 is 1.78 bits per heavy atom. The maximum atomic E-state index is 13.0. The first kappa shape index (κ1) is 27.3. The summed E-state index contributed by atoms with van der Waals surface area (Å²) in [5.74, 6) is -4.32. The van der Waals surface area contributed by atoms with Crippen molar-refractivity contribution in [2.45, 2.75) is 12.8 Å². The number of benzene rings is 2. The summed E-state index contributed by atoms with van der Waals surface area (Å²) in [4.78, 5) is 50.1. The molecule has 2 aromatic carbocycles. The van der Waals surface area contributed by atoms with Gasteiger partial charge in [0.1, 0.15) is 11.7 Å². The summed E-state index contributed by atoms with van der Waals surface area (Å²) in [6.45, 7) is 2.31. The SMILES string of the molecule is CCOc1ccc([C@@H]2C(C#N)=C(SCC(=O)Nc3ccccc3C(=O)OC)NC(=O)[C@@H]2C(=O)OC)cc1. The van der Waals surface area contributed by atoms with Gasteiger partial charge in [0.15, 0.2) is 0 Å². The molecule has 0 radical (unpaired) electrons. The summed E-state index contributed by atoms with van der Waals surface area (Å²) < 4.78 is 15.0. The van der Waals surface area contributed by atoms with Gasteiger partial charge in [-0.3, -0.25) is 14.4 Å². The van der Waals surface area contributed by atoms with E-state index in [-0.39, 0.29) is 27.6 Å². The number of ether oxygens (including phenoxy) is 3. The molecule has 1 aliphatic rings. The zero-order valence-electron chi connectivity index (χ0n) is 20.4. The molecule has 2 N–H and O–H groups in total. The lowest BCUT2D eigenvalue weighted by atomic mass is 9.78. The van der Waals surface area contributed by atoms with E-state index in [1.165, 1.54) is 20.3 Å². The molecular weight excluding hydrogens is 498 g/mol. The fourth-order valence-electron chi connectivity index (χ4n) is 3.82. The minimum Gasteiger partial charge on any atom is -0.494 e. The van der Waals surface area contributed by atoms with Gasteiger partial charge in [0.2, 0.25) is 11.8 Å². The molecular formula is C26H25N3O7S. The Hall–Kier alpha value is -4.30. The number of nitriles is 1. The number of anilines is 1. The Labute approximate surface area is 218 Å². The lowest BCUT2D eigenvalue weighted by molar-refractivity contribution is -0.150. The zero-order chi connectivity index (χ0) is 26.9. The molecule has 0 unspecified atom stereocenters. The van der Waals surface area contributed by atoms with Crippen molar-refractivity contribution in [3.8, 4) is 11.8 Å². The topological polar surface area (TPSA) is 144 Å². The predicted molar refractivity (Wildman–Crippen MR) is 136 cm³/mol. The highest BCUT2D eigenvalue weighted by molar-refractivity contribution is 8.03. The molecule has 0 saturated heterocycles. The van der Waals surface area contributed by atoms with Gasteiger partial charge in [0.25, 0.3) is 0 Å². The Morgan fingerprint density at radius 3 is 2.41 bits per heavy atom. The molecule has 2 aromatic rings. The normalized spacial score (nSPS) is 16.8. The van der Waals surface area contributed by atoms with Crippen LogP contribution in [0.1, 0.15) is 28.8 Å². The summed E-state index contributed by atoms with van der Waals surface area (Å²) in [5, 5.41) is 15.4. The molecule has 0 fully saturated rings. The number of hydrogen-bond acceptors (Lipinski definition) is 9. The lowest BCUT2D eigenvalue weighted by Crippen LogP contribution is -2.44. The number of methoxy groups -OCH3 is 2. The van der Waals surface area contributed by atoms with Gasteiger partial charge in [-0.25, -0.2) is 4.79 Å². The summed E-state index contributed by atoms with van der Waals surface area (Å²) in [6, 6.07) is 15.2. The van der Waals surface area contributed by atoms with Crippen molar-refractivity contribution in [3.63, 3.8) is 0 Å². The van der Waals surface area contributed by atoms with Gasteiger partial charge in [-0.1, -0.05) is 36.0 Å². The van der Waals surface area contributed by atoms with Crippen LogP contribution in [0.25, 0.3) is 0 Å². The van der Waals surface area contributed by atoms with Crippen molar-refractivity contribution >= 4 is 41.2 Å². The van der Waals surface area contributed by atoms with Crippen LogP contribution in [0.4, 0.5) is 5.69 Å². The number of esters is 2. The van der Waals surface area contributed by atoms with E-state index in [9.17, 15) is 24.4 Å². The molecule has 2 atom stereocenters. The van der Waals surface area contributed by atoms with Crippen LogP contribution < -0.4 is 15.4 Å². The van der Waals surface area contributed by atoms with Crippen molar-refractivity contribution in [2.75, 3.05) is 31.9 Å². The van der Waals surface area contributed by atoms with Crippen LogP contribution in [0.3, 0.4) is 0 Å². The number of allylic oxidation sites excluding steroid dienone is 1. The molecule has 2 amide bonds. The number of carbonyl (C=O) groups is 4. The Kier molecular flexibility index (Phi) is 9.29. The van der Waals surface area contributed by atoms with Crippen molar-refractivity contribution in [3.05, 3.63) is 70.3 Å². The Bertz CT molecular complexity index is 1270. The maximum Gasteiger partial charge on any atom is 0.339 e. The molecule has 0 aliphatic carbocycles. The van der Waals surface area contributed by atoms with Crippen molar-refractivity contribution < 1.29 is 33.4 Å². The molecule has 10 nitrogen and oxygen atoms in total. The summed E-state index contributed by atoms with van der Waals surface area (Å²) in [7, 11) is 2.40. The predicted octanol–water partition coefficient (Wildman–Crippen LogP) is 2.98. The fourth-order valence-corrected chi connectivity index (χ4v) is 4.67. The third-order valence-electron chi connectivity index (χ3n) is 5.49. The van der Waals surface area contributed by atoms with Gasteiger partial charge >= 0.3 is 11.9 Å². The maximum absolute atomic E-state index is 13.0. The molecule has 0 spiro atoms. The highest BCUT2D eigenvalue weighted by Gasteiger charge is 2.44.